The molecule has 2 rings (SSSR count). The van der Waals surface area contributed by atoms with Crippen LogP contribution in [0.2, 0.25) is 0 Å². The lowest BCUT2D eigenvalue weighted by Crippen LogP contribution is -2.33. The minimum Gasteiger partial charge on any atom is -0.379 e. The molecule has 9 nitrogen and oxygen atoms in total. The van der Waals surface area contributed by atoms with Crippen molar-refractivity contribution in [3.05, 3.63) is 35.4 Å². The van der Waals surface area contributed by atoms with E-state index in [-0.39, 0.29) is 31.6 Å². The number of nitrogens with zero attached hydrogens (tertiary/aromatic N) is 1. The summed E-state index contributed by atoms with van der Waals surface area (Å²) in [5, 5.41) is 0. The second-order valence-corrected chi connectivity index (χ2v) is 7.27. The Labute approximate surface area is 214 Å². The molecule has 0 fully saturated rings. The summed E-state index contributed by atoms with van der Waals surface area (Å²) in [7, 11) is 0. The van der Waals surface area contributed by atoms with Gasteiger partial charge in [-0.2, -0.15) is 0 Å². The monoisotopic (exact) mass is 503 g/mol. The molecule has 9 heteroatoms. The lowest BCUT2D eigenvalue weighted by atomic mass is 10.1. The van der Waals surface area contributed by atoms with Crippen molar-refractivity contribution in [2.45, 2.75) is 13.3 Å². The van der Waals surface area contributed by atoms with Crippen molar-refractivity contribution in [2.75, 3.05) is 85.8 Å². The molecule has 2 amide bonds. The number of hydrogen-bond acceptors (Lipinski definition) is 8. The lowest BCUT2D eigenvalue weighted by Gasteiger charge is -2.13. The van der Waals surface area contributed by atoms with Gasteiger partial charge in [0.2, 0.25) is 0 Å². The van der Waals surface area contributed by atoms with Crippen LogP contribution < -0.4 is 0 Å². The summed E-state index contributed by atoms with van der Waals surface area (Å²) in [6.07, 6.45) is 11.1. The minimum absolute atomic E-state index is 0.234. The fraction of sp³-hybridized carbons (Fsp3) is 0.556. The number of ether oxygens (including phenoxy) is 6. The topological polar surface area (TPSA) is 92.8 Å². The fourth-order valence-corrected chi connectivity index (χ4v) is 2.88. The number of rotatable bonds is 19. The number of hydrogen-bond donors (Lipinski definition) is 0. The Balaban J connectivity index is 0.000000426. The van der Waals surface area contributed by atoms with E-state index in [4.69, 9.17) is 41.3 Å². The van der Waals surface area contributed by atoms with Crippen LogP contribution in [0.4, 0.5) is 0 Å². The normalized spacial score (nSPS) is 12.0. The van der Waals surface area contributed by atoms with E-state index in [0.717, 1.165) is 13.0 Å². The summed E-state index contributed by atoms with van der Waals surface area (Å²) in [5.74, 6) is 4.21. The lowest BCUT2D eigenvalue weighted by molar-refractivity contribution is 0.0160. The zero-order chi connectivity index (χ0) is 26.3. The van der Waals surface area contributed by atoms with E-state index >= 15 is 0 Å². The molecule has 198 valence electrons. The molecule has 1 aromatic carbocycles. The van der Waals surface area contributed by atoms with Crippen LogP contribution in [0.25, 0.3) is 0 Å². The van der Waals surface area contributed by atoms with Crippen LogP contribution in [0.15, 0.2) is 24.3 Å². The number of carbonyl (C=O) groups is 2. The molecule has 0 radical (unpaired) electrons. The van der Waals surface area contributed by atoms with Crippen LogP contribution in [-0.4, -0.2) is 103 Å². The van der Waals surface area contributed by atoms with E-state index in [1.807, 2.05) is 0 Å². The first-order chi connectivity index (χ1) is 17.7. The predicted octanol–water partition coefficient (Wildman–Crippen LogP) is 2.05. The Bertz CT molecular complexity index is 795. The first-order valence-electron chi connectivity index (χ1n) is 12.0. The molecular formula is C27H37NO8. The van der Waals surface area contributed by atoms with Gasteiger partial charge in [0, 0.05) is 6.61 Å². The van der Waals surface area contributed by atoms with Crippen molar-refractivity contribution in [3.63, 3.8) is 0 Å². The quantitative estimate of drug-likeness (QED) is 0.161. The average Bonchev–Trinajstić information content (AvgIpc) is 3.14. The number of imide groups is 1. The Hall–Kier alpha value is -2.76. The fourth-order valence-electron chi connectivity index (χ4n) is 2.88. The van der Waals surface area contributed by atoms with Gasteiger partial charge in [-0.3, -0.25) is 14.5 Å². The van der Waals surface area contributed by atoms with Crippen molar-refractivity contribution in [1.29, 1.82) is 0 Å². The SMILES string of the molecule is C#CCOCCOCCOCCC.C#CCOCCOCCOCCN1C(=O)c2ccccc2C1=O. The first-order valence-corrected chi connectivity index (χ1v) is 12.0. The molecular weight excluding hydrogens is 466 g/mol. The number of benzene rings is 1. The highest BCUT2D eigenvalue weighted by Crippen LogP contribution is 2.21. The Morgan fingerprint density at radius 3 is 1.44 bits per heavy atom. The van der Waals surface area contributed by atoms with E-state index < -0.39 is 0 Å². The highest BCUT2D eigenvalue weighted by atomic mass is 16.5. The van der Waals surface area contributed by atoms with Crippen LogP contribution in [0.1, 0.15) is 34.1 Å². The molecule has 1 aliphatic heterocycles. The third-order valence-electron chi connectivity index (χ3n) is 4.54. The van der Waals surface area contributed by atoms with Crippen LogP contribution >= 0.6 is 0 Å². The zero-order valence-electron chi connectivity index (χ0n) is 21.1. The van der Waals surface area contributed by atoms with Crippen LogP contribution in [-0.2, 0) is 28.4 Å². The molecule has 0 aliphatic carbocycles. The molecule has 1 aliphatic rings. The second-order valence-electron chi connectivity index (χ2n) is 7.27. The van der Waals surface area contributed by atoms with Crippen LogP contribution in [0.5, 0.6) is 0 Å². The smallest absolute Gasteiger partial charge is 0.261 e. The van der Waals surface area contributed by atoms with E-state index in [9.17, 15) is 9.59 Å². The number of fused-ring (bicyclic) bond motifs is 1. The van der Waals surface area contributed by atoms with Crippen LogP contribution in [0.3, 0.4) is 0 Å². The third kappa shape index (κ3) is 13.4. The van der Waals surface area contributed by atoms with Crippen molar-refractivity contribution >= 4 is 11.8 Å². The average molecular weight is 504 g/mol. The summed E-state index contributed by atoms with van der Waals surface area (Å²) in [6, 6.07) is 6.81. The van der Waals surface area contributed by atoms with Gasteiger partial charge in [0.25, 0.3) is 11.8 Å². The van der Waals surface area contributed by atoms with E-state index in [0.29, 0.717) is 70.6 Å². The molecule has 0 N–H and O–H groups in total. The van der Waals surface area contributed by atoms with Crippen LogP contribution in [0, 0.1) is 24.7 Å². The van der Waals surface area contributed by atoms with Gasteiger partial charge in [-0.15, -0.1) is 12.8 Å². The van der Waals surface area contributed by atoms with Gasteiger partial charge in [0.1, 0.15) is 13.2 Å². The summed E-state index contributed by atoms with van der Waals surface area (Å²) >= 11 is 0. The van der Waals surface area contributed by atoms with Gasteiger partial charge in [-0.05, 0) is 18.6 Å². The minimum atomic E-state index is -0.267. The number of terminal acetylenes is 2. The number of carbonyl (C=O) groups excluding carboxylic acids is 2. The standard InChI is InChI=1S/C17H19NO5.C10H18O3/c1-2-8-21-10-12-23-13-11-22-9-7-18-16(19)14-5-3-4-6-15(14)17(18)20;1-3-5-11-7-9-13-10-8-12-6-4-2/h1,3-6H,7-13H2;1H,4-10H2,2H3. The summed E-state index contributed by atoms with van der Waals surface area (Å²) in [4.78, 5) is 25.4. The van der Waals surface area contributed by atoms with Gasteiger partial charge >= 0.3 is 0 Å². The summed E-state index contributed by atoms with van der Waals surface area (Å²) in [5.41, 5.74) is 0.903. The van der Waals surface area contributed by atoms with Crippen molar-refractivity contribution < 1.29 is 38.0 Å². The number of amides is 2. The first kappa shape index (κ1) is 31.3. The van der Waals surface area contributed by atoms with E-state index in [1.165, 1.54) is 4.90 Å². The van der Waals surface area contributed by atoms with Crippen molar-refractivity contribution in [3.8, 4) is 24.7 Å². The van der Waals surface area contributed by atoms with Crippen molar-refractivity contribution in [2.24, 2.45) is 0 Å². The molecule has 1 heterocycles. The zero-order valence-corrected chi connectivity index (χ0v) is 21.1. The highest BCUT2D eigenvalue weighted by molar-refractivity contribution is 6.21. The van der Waals surface area contributed by atoms with Crippen molar-refractivity contribution in [1.82, 2.24) is 4.90 Å². The largest absolute Gasteiger partial charge is 0.379 e. The van der Waals surface area contributed by atoms with Gasteiger partial charge in [-0.25, -0.2) is 0 Å². The highest BCUT2D eigenvalue weighted by Gasteiger charge is 2.34. The Morgan fingerprint density at radius 2 is 1.03 bits per heavy atom. The molecule has 0 spiro atoms. The molecule has 0 atom stereocenters. The van der Waals surface area contributed by atoms with Gasteiger partial charge in [-0.1, -0.05) is 30.9 Å². The van der Waals surface area contributed by atoms with E-state index in [1.54, 1.807) is 24.3 Å². The van der Waals surface area contributed by atoms with Gasteiger partial charge in [0.05, 0.1) is 77.1 Å². The molecule has 0 aromatic heterocycles. The molecule has 0 bridgehead atoms. The summed E-state index contributed by atoms with van der Waals surface area (Å²) < 4.78 is 31.1. The molecule has 1 aromatic rings. The van der Waals surface area contributed by atoms with E-state index in [2.05, 4.69) is 18.8 Å². The maximum atomic E-state index is 12.1. The second kappa shape index (κ2) is 21.5. The third-order valence-corrected chi connectivity index (χ3v) is 4.54. The Kier molecular flexibility index (Phi) is 18.7. The predicted molar refractivity (Wildman–Crippen MR) is 135 cm³/mol. The maximum Gasteiger partial charge on any atom is 0.261 e. The molecule has 0 saturated heterocycles. The van der Waals surface area contributed by atoms with Gasteiger partial charge < -0.3 is 28.4 Å². The molecule has 0 saturated carbocycles. The summed E-state index contributed by atoms with van der Waals surface area (Å²) in [6.45, 7) is 8.14. The molecule has 36 heavy (non-hydrogen) atoms. The maximum absolute atomic E-state index is 12.1. The Morgan fingerprint density at radius 1 is 0.639 bits per heavy atom. The van der Waals surface area contributed by atoms with Gasteiger partial charge in [0.15, 0.2) is 0 Å². The molecule has 0 unspecified atom stereocenters.